The lowest BCUT2D eigenvalue weighted by Crippen LogP contribution is -2.13. The van der Waals surface area contributed by atoms with Crippen LogP contribution in [-0.4, -0.2) is 15.0 Å². The molecule has 2 aromatic carbocycles. The lowest BCUT2D eigenvalue weighted by molar-refractivity contribution is -0.0498. The molecule has 0 atom stereocenters. The minimum atomic E-state index is -4.13. The van der Waals surface area contributed by atoms with Crippen LogP contribution in [0.15, 0.2) is 47.4 Å². The van der Waals surface area contributed by atoms with E-state index in [4.69, 9.17) is 0 Å². The predicted molar refractivity (Wildman–Crippen MR) is 70.2 cm³/mol. The second kappa shape index (κ2) is 6.22. The average molecular weight is 335 g/mol. The van der Waals surface area contributed by atoms with Crippen molar-refractivity contribution in [3.63, 3.8) is 0 Å². The van der Waals surface area contributed by atoms with Gasteiger partial charge in [-0.3, -0.25) is 4.72 Å². The Hall–Kier alpha value is -2.29. The van der Waals surface area contributed by atoms with Crippen molar-refractivity contribution in [1.82, 2.24) is 0 Å². The van der Waals surface area contributed by atoms with Crippen molar-refractivity contribution in [2.24, 2.45) is 0 Å². The van der Waals surface area contributed by atoms with Crippen LogP contribution >= 0.6 is 0 Å². The largest absolute Gasteiger partial charge is 0.435 e. The van der Waals surface area contributed by atoms with E-state index in [-0.39, 0.29) is 11.4 Å². The van der Waals surface area contributed by atoms with E-state index in [0.29, 0.717) is 12.1 Å². The Labute approximate surface area is 123 Å². The first-order chi connectivity index (χ1) is 10.3. The fourth-order valence-corrected chi connectivity index (χ4v) is 2.63. The number of hydrogen-bond acceptors (Lipinski definition) is 3. The van der Waals surface area contributed by atoms with Gasteiger partial charge in [-0.15, -0.1) is 0 Å². The summed E-state index contributed by atoms with van der Waals surface area (Å²) in [6.07, 6.45) is 0. The van der Waals surface area contributed by atoms with Crippen LogP contribution in [0.4, 0.5) is 23.2 Å². The molecule has 0 saturated heterocycles. The lowest BCUT2D eigenvalue weighted by Gasteiger charge is -2.09. The molecule has 22 heavy (non-hydrogen) atoms. The van der Waals surface area contributed by atoms with Gasteiger partial charge in [0.05, 0.1) is 4.90 Å². The molecule has 118 valence electrons. The molecule has 0 aliphatic carbocycles. The molecule has 0 saturated carbocycles. The van der Waals surface area contributed by atoms with Gasteiger partial charge < -0.3 is 4.74 Å². The van der Waals surface area contributed by atoms with Crippen LogP contribution in [0.5, 0.6) is 5.75 Å². The van der Waals surface area contributed by atoms with Crippen LogP contribution in [0, 0.1) is 11.6 Å². The van der Waals surface area contributed by atoms with Gasteiger partial charge in [-0.2, -0.15) is 8.78 Å². The summed E-state index contributed by atoms with van der Waals surface area (Å²) in [5.74, 6) is -2.62. The minimum absolute atomic E-state index is 0.0475. The molecule has 4 nitrogen and oxygen atoms in total. The van der Waals surface area contributed by atoms with Gasteiger partial charge in [-0.05, 0) is 42.5 Å². The molecule has 0 fully saturated rings. The van der Waals surface area contributed by atoms with Crippen LogP contribution in [0.3, 0.4) is 0 Å². The van der Waals surface area contributed by atoms with Gasteiger partial charge in [0.2, 0.25) is 0 Å². The summed E-state index contributed by atoms with van der Waals surface area (Å²) in [4.78, 5) is -0.473. The smallest absolute Gasteiger partial charge is 0.387 e. The highest BCUT2D eigenvalue weighted by atomic mass is 32.2. The fourth-order valence-electron chi connectivity index (χ4n) is 1.56. The second-order valence-electron chi connectivity index (χ2n) is 4.08. The molecule has 0 aliphatic heterocycles. The normalized spacial score (nSPS) is 11.5. The van der Waals surface area contributed by atoms with Crippen molar-refractivity contribution in [2.45, 2.75) is 11.5 Å². The van der Waals surface area contributed by atoms with Crippen molar-refractivity contribution in [1.29, 1.82) is 0 Å². The van der Waals surface area contributed by atoms with Gasteiger partial charge in [0.15, 0.2) is 11.6 Å². The number of hydrogen-bond donors (Lipinski definition) is 1. The first-order valence-corrected chi connectivity index (χ1v) is 7.29. The van der Waals surface area contributed by atoms with Gasteiger partial charge in [0, 0.05) is 5.69 Å². The van der Waals surface area contributed by atoms with Gasteiger partial charge in [0.1, 0.15) is 5.75 Å². The van der Waals surface area contributed by atoms with E-state index in [1.807, 2.05) is 0 Å². The number of anilines is 1. The number of rotatable bonds is 5. The maximum absolute atomic E-state index is 13.1. The molecule has 0 radical (unpaired) electrons. The van der Waals surface area contributed by atoms with Crippen molar-refractivity contribution in [3.8, 4) is 5.75 Å². The van der Waals surface area contributed by atoms with Crippen LogP contribution in [0.25, 0.3) is 0 Å². The maximum atomic E-state index is 13.1. The van der Waals surface area contributed by atoms with E-state index < -0.39 is 33.2 Å². The monoisotopic (exact) mass is 335 g/mol. The third kappa shape index (κ3) is 3.88. The number of alkyl halides is 2. The summed E-state index contributed by atoms with van der Waals surface area (Å²) in [7, 11) is -4.13. The molecule has 0 bridgehead atoms. The van der Waals surface area contributed by atoms with Crippen molar-refractivity contribution >= 4 is 15.7 Å². The first-order valence-electron chi connectivity index (χ1n) is 5.81. The summed E-state index contributed by atoms with van der Waals surface area (Å²) in [5, 5.41) is 0. The lowest BCUT2D eigenvalue weighted by atomic mass is 10.3. The maximum Gasteiger partial charge on any atom is 0.387 e. The molecular weight excluding hydrogens is 326 g/mol. The molecule has 2 rings (SSSR count). The Morgan fingerprint density at radius 2 is 1.59 bits per heavy atom. The van der Waals surface area contributed by atoms with Crippen LogP contribution in [0.1, 0.15) is 0 Å². The third-order valence-electron chi connectivity index (χ3n) is 2.53. The summed E-state index contributed by atoms with van der Waals surface area (Å²) in [5.41, 5.74) is 0.0475. The molecule has 0 spiro atoms. The Balaban J connectivity index is 2.19. The molecule has 0 heterocycles. The molecule has 0 amide bonds. The Bertz CT molecular complexity index is 763. The molecule has 0 unspecified atom stereocenters. The highest BCUT2D eigenvalue weighted by Crippen LogP contribution is 2.21. The SMILES string of the molecule is O=S(=O)(Nc1ccc(OC(F)F)cc1)c1ccc(F)c(F)c1. The zero-order valence-corrected chi connectivity index (χ0v) is 11.6. The third-order valence-corrected chi connectivity index (χ3v) is 3.91. The molecule has 0 aliphatic rings. The Morgan fingerprint density at radius 3 is 2.14 bits per heavy atom. The Morgan fingerprint density at radius 1 is 0.955 bits per heavy atom. The molecule has 2 aromatic rings. The average Bonchev–Trinajstić information content (AvgIpc) is 2.43. The van der Waals surface area contributed by atoms with Gasteiger partial charge in [-0.25, -0.2) is 17.2 Å². The molecular formula is C13H9F4NO3S. The predicted octanol–water partition coefficient (Wildman–Crippen LogP) is 3.37. The standard InChI is InChI=1S/C13H9F4NO3S/c14-11-6-5-10(7-12(11)15)22(19,20)18-8-1-3-9(4-2-8)21-13(16)17/h1-7,13,18H. The number of nitrogens with one attached hydrogen (secondary N) is 1. The topological polar surface area (TPSA) is 55.4 Å². The second-order valence-corrected chi connectivity index (χ2v) is 5.77. The zero-order valence-electron chi connectivity index (χ0n) is 10.8. The summed E-state index contributed by atoms with van der Waals surface area (Å²) >= 11 is 0. The van der Waals surface area contributed by atoms with E-state index in [1.165, 1.54) is 12.1 Å². The van der Waals surface area contributed by atoms with Crippen molar-refractivity contribution < 1.29 is 30.7 Å². The summed E-state index contributed by atoms with van der Waals surface area (Å²) < 4.78 is 80.0. The van der Waals surface area contributed by atoms with Crippen LogP contribution in [-0.2, 0) is 10.0 Å². The van der Waals surface area contributed by atoms with Crippen LogP contribution in [0.2, 0.25) is 0 Å². The van der Waals surface area contributed by atoms with E-state index >= 15 is 0 Å². The highest BCUT2D eigenvalue weighted by molar-refractivity contribution is 7.92. The highest BCUT2D eigenvalue weighted by Gasteiger charge is 2.16. The molecule has 0 aromatic heterocycles. The minimum Gasteiger partial charge on any atom is -0.435 e. The van der Waals surface area contributed by atoms with E-state index in [1.54, 1.807) is 0 Å². The summed E-state index contributed by atoms with van der Waals surface area (Å²) in [6.45, 7) is -3.00. The van der Waals surface area contributed by atoms with Gasteiger partial charge in [-0.1, -0.05) is 0 Å². The zero-order chi connectivity index (χ0) is 16.3. The summed E-state index contributed by atoms with van der Waals surface area (Å²) in [6, 6.07) is 6.76. The molecule has 1 N–H and O–H groups in total. The molecule has 9 heteroatoms. The van der Waals surface area contributed by atoms with Crippen LogP contribution < -0.4 is 9.46 Å². The number of benzene rings is 2. The number of ether oxygens (including phenoxy) is 1. The fraction of sp³-hybridized carbons (Fsp3) is 0.0769. The van der Waals surface area contributed by atoms with Crippen molar-refractivity contribution in [3.05, 3.63) is 54.1 Å². The number of halogens is 4. The van der Waals surface area contributed by atoms with Gasteiger partial charge >= 0.3 is 6.61 Å². The van der Waals surface area contributed by atoms with E-state index in [9.17, 15) is 26.0 Å². The van der Waals surface area contributed by atoms with E-state index in [0.717, 1.165) is 18.2 Å². The first kappa shape index (κ1) is 16.1. The number of sulfonamides is 1. The van der Waals surface area contributed by atoms with E-state index in [2.05, 4.69) is 9.46 Å². The quantitative estimate of drug-likeness (QED) is 0.853. The van der Waals surface area contributed by atoms with Gasteiger partial charge in [0.25, 0.3) is 10.0 Å². The Kier molecular flexibility index (Phi) is 4.55. The van der Waals surface area contributed by atoms with Crippen molar-refractivity contribution in [2.75, 3.05) is 4.72 Å².